The summed E-state index contributed by atoms with van der Waals surface area (Å²) in [7, 11) is -4.48. The number of aryl methyl sites for hydroxylation is 1. The number of benzene rings is 2. The van der Waals surface area contributed by atoms with Gasteiger partial charge in [0.05, 0.1) is 4.90 Å². The van der Waals surface area contributed by atoms with Crippen molar-refractivity contribution in [2.45, 2.75) is 121 Å². The van der Waals surface area contributed by atoms with Gasteiger partial charge in [0.1, 0.15) is 10.1 Å². The van der Waals surface area contributed by atoms with Crippen LogP contribution in [0.3, 0.4) is 0 Å². The summed E-state index contributed by atoms with van der Waals surface area (Å²) in [6.07, 6.45) is 21.7. The molecule has 0 heterocycles. The number of unbranched alkanes of at least 4 members (excludes halogenated alkanes) is 15. The third-order valence-corrected chi connectivity index (χ3v) is 7.49. The van der Waals surface area contributed by atoms with Crippen LogP contribution in [0.5, 0.6) is 0 Å². The second kappa shape index (κ2) is 18.0. The molecular weight excluding hydrogens is 439 g/mol. The summed E-state index contributed by atoms with van der Waals surface area (Å²) in [5.74, 6) is 0. The van der Waals surface area contributed by atoms with Crippen LogP contribution in [0.25, 0.3) is 10.8 Å². The van der Waals surface area contributed by atoms with Crippen LogP contribution in [0, 0.1) is 0 Å². The number of hydrogen-bond acceptors (Lipinski definition) is 3. The van der Waals surface area contributed by atoms with E-state index in [9.17, 15) is 13.0 Å². The van der Waals surface area contributed by atoms with Crippen LogP contribution < -0.4 is 29.6 Å². The van der Waals surface area contributed by atoms with Gasteiger partial charge >= 0.3 is 29.6 Å². The molecule has 2 rings (SSSR count). The minimum absolute atomic E-state index is 0. The number of hydrogen-bond donors (Lipinski definition) is 0. The Morgan fingerprint density at radius 3 is 1.58 bits per heavy atom. The van der Waals surface area contributed by atoms with Crippen LogP contribution in [0.15, 0.2) is 41.3 Å². The van der Waals surface area contributed by atoms with E-state index in [4.69, 9.17) is 0 Å². The summed E-state index contributed by atoms with van der Waals surface area (Å²) in [6, 6.07) is 11.0. The Labute approximate surface area is 225 Å². The molecule has 0 radical (unpaired) electrons. The van der Waals surface area contributed by atoms with E-state index in [0.717, 1.165) is 18.2 Å². The third-order valence-electron chi connectivity index (χ3n) is 6.51. The van der Waals surface area contributed by atoms with Crippen molar-refractivity contribution >= 4 is 20.9 Å². The first-order chi connectivity index (χ1) is 15.5. The van der Waals surface area contributed by atoms with E-state index in [1.807, 2.05) is 24.3 Å². The molecule has 3 nitrogen and oxygen atoms in total. The molecule has 5 heteroatoms. The Morgan fingerprint density at radius 2 is 1.09 bits per heavy atom. The maximum absolute atomic E-state index is 11.9. The van der Waals surface area contributed by atoms with Crippen molar-refractivity contribution < 1.29 is 42.5 Å². The zero-order valence-corrected chi connectivity index (χ0v) is 23.9. The van der Waals surface area contributed by atoms with E-state index in [0.29, 0.717) is 17.4 Å². The Bertz CT molecular complexity index is 880. The fourth-order valence-corrected chi connectivity index (χ4v) is 5.59. The second-order valence-electron chi connectivity index (χ2n) is 9.28. The molecule has 0 aliphatic rings. The summed E-state index contributed by atoms with van der Waals surface area (Å²) < 4.78 is 35.7. The van der Waals surface area contributed by atoms with Gasteiger partial charge in [0, 0.05) is 0 Å². The van der Waals surface area contributed by atoms with Crippen molar-refractivity contribution in [1.82, 2.24) is 0 Å². The average molecular weight is 483 g/mol. The fourth-order valence-electron chi connectivity index (χ4n) is 4.64. The first-order valence-electron chi connectivity index (χ1n) is 13.0. The Morgan fingerprint density at radius 1 is 0.636 bits per heavy atom. The molecule has 0 aliphatic carbocycles. The summed E-state index contributed by atoms with van der Waals surface area (Å²) in [5.41, 5.74) is 0.670. The topological polar surface area (TPSA) is 57.2 Å². The molecule has 0 saturated carbocycles. The molecular formula is C28H43NaO3S. The van der Waals surface area contributed by atoms with Crippen LogP contribution in [-0.2, 0) is 16.5 Å². The van der Waals surface area contributed by atoms with Gasteiger partial charge in [-0.2, -0.15) is 0 Å². The Hall–Kier alpha value is -0.390. The van der Waals surface area contributed by atoms with Gasteiger partial charge in [-0.1, -0.05) is 140 Å². The summed E-state index contributed by atoms with van der Waals surface area (Å²) in [6.45, 7) is 2.27. The van der Waals surface area contributed by atoms with Gasteiger partial charge in [0.25, 0.3) is 0 Å². The number of rotatable bonds is 18. The van der Waals surface area contributed by atoms with E-state index in [1.54, 1.807) is 12.1 Å². The van der Waals surface area contributed by atoms with Gasteiger partial charge in [0.15, 0.2) is 0 Å². The zero-order valence-electron chi connectivity index (χ0n) is 21.1. The quantitative estimate of drug-likeness (QED) is 0.159. The van der Waals surface area contributed by atoms with Gasteiger partial charge in [-0.15, -0.1) is 0 Å². The van der Waals surface area contributed by atoms with Crippen LogP contribution in [0.1, 0.15) is 115 Å². The van der Waals surface area contributed by atoms with Gasteiger partial charge in [-0.3, -0.25) is 0 Å². The molecule has 180 valence electrons. The summed E-state index contributed by atoms with van der Waals surface area (Å²) in [4.78, 5) is -0.0171. The second-order valence-corrected chi connectivity index (χ2v) is 10.6. The van der Waals surface area contributed by atoms with Crippen molar-refractivity contribution in [2.24, 2.45) is 0 Å². The third kappa shape index (κ3) is 12.2. The summed E-state index contributed by atoms with van der Waals surface area (Å²) >= 11 is 0. The predicted molar refractivity (Wildman–Crippen MR) is 135 cm³/mol. The smallest absolute Gasteiger partial charge is 0.744 e. The Kier molecular flexibility index (Phi) is 16.7. The molecule has 0 spiro atoms. The number of fused-ring (bicyclic) bond motifs is 1. The van der Waals surface area contributed by atoms with E-state index >= 15 is 0 Å². The van der Waals surface area contributed by atoms with Crippen molar-refractivity contribution in [2.75, 3.05) is 0 Å². The fraction of sp³-hybridized carbons (Fsp3) is 0.643. The van der Waals surface area contributed by atoms with Gasteiger partial charge in [-0.05, 0) is 29.2 Å². The van der Waals surface area contributed by atoms with Crippen LogP contribution in [-0.4, -0.2) is 13.0 Å². The predicted octanol–water partition coefficient (Wildman–Crippen LogP) is 5.55. The minimum Gasteiger partial charge on any atom is -0.744 e. The van der Waals surface area contributed by atoms with Crippen LogP contribution in [0.2, 0.25) is 0 Å². The molecule has 0 saturated heterocycles. The van der Waals surface area contributed by atoms with Crippen LogP contribution >= 0.6 is 0 Å². The van der Waals surface area contributed by atoms with Gasteiger partial charge in [-0.25, -0.2) is 8.42 Å². The van der Waals surface area contributed by atoms with Crippen LogP contribution in [0.4, 0.5) is 0 Å². The van der Waals surface area contributed by atoms with Gasteiger partial charge < -0.3 is 4.55 Å². The largest absolute Gasteiger partial charge is 1.00 e. The molecule has 2 aromatic carbocycles. The Balaban J connectivity index is 0.00000544. The summed E-state index contributed by atoms with van der Waals surface area (Å²) in [5, 5.41) is 1.36. The van der Waals surface area contributed by atoms with E-state index < -0.39 is 10.1 Å². The normalized spacial score (nSPS) is 11.6. The van der Waals surface area contributed by atoms with Crippen molar-refractivity contribution in [3.05, 3.63) is 42.0 Å². The van der Waals surface area contributed by atoms with E-state index in [1.165, 1.54) is 89.9 Å². The first-order valence-corrected chi connectivity index (χ1v) is 14.4. The maximum Gasteiger partial charge on any atom is 1.00 e. The van der Waals surface area contributed by atoms with E-state index in [-0.39, 0.29) is 34.5 Å². The zero-order chi connectivity index (χ0) is 23.1. The molecule has 0 amide bonds. The standard InChI is InChI=1S/C28H44O3S.Na/c1-2-3-4-5-6-7-8-9-10-11-12-13-14-15-16-17-21-26-24-23-25-20-18-19-22-27(25)28(26)32(29,30)31;/h18-20,22-24H,2-17,21H2,1H3,(H,29,30,31);/q;+1/p-1. The molecule has 0 unspecified atom stereocenters. The molecule has 0 aliphatic heterocycles. The monoisotopic (exact) mass is 482 g/mol. The molecule has 0 N–H and O–H groups in total. The van der Waals surface area contributed by atoms with Crippen molar-refractivity contribution in [3.63, 3.8) is 0 Å². The molecule has 33 heavy (non-hydrogen) atoms. The molecule has 0 aromatic heterocycles. The molecule has 0 bridgehead atoms. The molecule has 0 fully saturated rings. The average Bonchev–Trinajstić information content (AvgIpc) is 2.77. The van der Waals surface area contributed by atoms with Crippen molar-refractivity contribution in [1.29, 1.82) is 0 Å². The molecule has 2 aromatic rings. The SMILES string of the molecule is CCCCCCCCCCCCCCCCCCc1ccc2ccccc2c1S(=O)(=O)[O-].[Na+]. The first kappa shape index (κ1) is 30.6. The van der Waals surface area contributed by atoms with Crippen molar-refractivity contribution in [3.8, 4) is 0 Å². The minimum atomic E-state index is -4.48. The maximum atomic E-state index is 11.9. The molecule has 0 atom stereocenters. The van der Waals surface area contributed by atoms with E-state index in [2.05, 4.69) is 6.92 Å². The van der Waals surface area contributed by atoms with Gasteiger partial charge in [0.2, 0.25) is 0 Å².